The molecule has 2 fully saturated rings. The molecule has 0 spiro atoms. The fourth-order valence-corrected chi connectivity index (χ4v) is 5.34. The third-order valence-electron chi connectivity index (χ3n) is 7.52. The van der Waals surface area contributed by atoms with Crippen molar-refractivity contribution >= 4 is 0 Å². The average molecular weight is 491 g/mol. The van der Waals surface area contributed by atoms with Gasteiger partial charge in [-0.1, -0.05) is 70.2 Å². The molecule has 1 saturated heterocycles. The van der Waals surface area contributed by atoms with E-state index in [1.807, 2.05) is 6.07 Å². The van der Waals surface area contributed by atoms with Gasteiger partial charge >= 0.3 is 0 Å². The van der Waals surface area contributed by atoms with Crippen LogP contribution in [0.25, 0.3) is 0 Å². The van der Waals surface area contributed by atoms with Crippen molar-refractivity contribution in [3.63, 3.8) is 0 Å². The molecule has 1 aliphatic carbocycles. The molecule has 2 heterocycles. The van der Waals surface area contributed by atoms with Crippen LogP contribution >= 0.6 is 0 Å². The minimum Gasteiger partial charge on any atom is -0.374 e. The van der Waals surface area contributed by atoms with Crippen molar-refractivity contribution in [2.75, 3.05) is 26.4 Å². The first-order valence-corrected chi connectivity index (χ1v) is 14.1. The second-order valence-electron chi connectivity index (χ2n) is 10.3. The molecule has 0 N–H and O–H groups in total. The highest BCUT2D eigenvalue weighted by Gasteiger charge is 2.49. The maximum absolute atomic E-state index is 6.66. The summed E-state index contributed by atoms with van der Waals surface area (Å²) in [6.45, 7) is 7.87. The Morgan fingerprint density at radius 2 is 1.51 bits per heavy atom. The van der Waals surface area contributed by atoms with E-state index in [-0.39, 0.29) is 24.4 Å². The lowest BCUT2D eigenvalue weighted by Gasteiger charge is -2.46. The highest BCUT2D eigenvalue weighted by molar-refractivity contribution is 5.26. The van der Waals surface area contributed by atoms with Gasteiger partial charge in [-0.2, -0.15) is 0 Å². The molecule has 0 radical (unpaired) electrons. The Bertz CT molecular complexity index is 721. The van der Waals surface area contributed by atoms with Crippen LogP contribution in [0.3, 0.4) is 0 Å². The van der Waals surface area contributed by atoms with Gasteiger partial charge in [0, 0.05) is 13.2 Å². The van der Waals surface area contributed by atoms with Crippen molar-refractivity contribution in [2.24, 2.45) is 5.92 Å². The Hall–Kier alpha value is -1.02. The second kappa shape index (κ2) is 14.7. The summed E-state index contributed by atoms with van der Waals surface area (Å²) < 4.78 is 38.8. The van der Waals surface area contributed by atoms with Crippen LogP contribution in [0.4, 0.5) is 0 Å². The molecule has 1 saturated carbocycles. The van der Waals surface area contributed by atoms with Gasteiger partial charge in [0.15, 0.2) is 6.29 Å². The van der Waals surface area contributed by atoms with Gasteiger partial charge in [-0.3, -0.25) is 0 Å². The molecule has 3 unspecified atom stereocenters. The van der Waals surface area contributed by atoms with Gasteiger partial charge in [0.1, 0.15) is 24.4 Å². The molecular formula is C29H46O6. The third kappa shape index (κ3) is 7.73. The first-order valence-electron chi connectivity index (χ1n) is 14.1. The van der Waals surface area contributed by atoms with E-state index in [2.05, 4.69) is 32.0 Å². The van der Waals surface area contributed by atoms with Crippen LogP contribution in [0.2, 0.25) is 0 Å². The Kier molecular flexibility index (Phi) is 11.3. The maximum Gasteiger partial charge on any atom is 0.186 e. The number of unbranched alkanes of at least 4 members (excludes halogenated alkanes) is 2. The molecule has 35 heavy (non-hydrogen) atoms. The molecule has 5 atom stereocenters. The normalized spacial score (nSPS) is 30.1. The maximum atomic E-state index is 6.66. The van der Waals surface area contributed by atoms with Crippen molar-refractivity contribution in [3.8, 4) is 0 Å². The highest BCUT2D eigenvalue weighted by Crippen LogP contribution is 2.33. The van der Waals surface area contributed by atoms with E-state index in [1.54, 1.807) is 0 Å². The van der Waals surface area contributed by atoms with E-state index in [1.165, 1.54) is 32.1 Å². The van der Waals surface area contributed by atoms with Gasteiger partial charge < -0.3 is 28.4 Å². The monoisotopic (exact) mass is 490 g/mol. The SMILES string of the molecule is CCCCOC1C2OCc3ccccc3COCC(O[C@H]1OCC1CCCCC1)[C@H]2OCCCC. The second-order valence-corrected chi connectivity index (χ2v) is 10.3. The number of ether oxygens (including phenoxy) is 6. The van der Waals surface area contributed by atoms with Crippen LogP contribution in [0.1, 0.15) is 82.8 Å². The summed E-state index contributed by atoms with van der Waals surface area (Å²) in [6.07, 6.45) is 8.95. The van der Waals surface area contributed by atoms with Crippen molar-refractivity contribution in [1.82, 2.24) is 0 Å². The predicted octanol–water partition coefficient (Wildman–Crippen LogP) is 5.79. The topological polar surface area (TPSA) is 55.4 Å². The van der Waals surface area contributed by atoms with Crippen LogP contribution < -0.4 is 0 Å². The minimum absolute atomic E-state index is 0.257. The molecule has 0 amide bonds. The van der Waals surface area contributed by atoms with E-state index in [4.69, 9.17) is 28.4 Å². The lowest BCUT2D eigenvalue weighted by atomic mass is 9.90. The molecular weight excluding hydrogens is 444 g/mol. The molecule has 1 aromatic rings. The first-order chi connectivity index (χ1) is 17.3. The molecule has 1 aromatic carbocycles. The Labute approximate surface area is 211 Å². The molecule has 0 aromatic heterocycles. The van der Waals surface area contributed by atoms with Gasteiger partial charge in [-0.25, -0.2) is 0 Å². The molecule has 2 aliphatic heterocycles. The minimum atomic E-state index is -0.479. The fourth-order valence-electron chi connectivity index (χ4n) is 5.34. The van der Waals surface area contributed by atoms with Crippen molar-refractivity contribution in [1.29, 1.82) is 0 Å². The van der Waals surface area contributed by atoms with Gasteiger partial charge in [-0.05, 0) is 42.7 Å². The smallest absolute Gasteiger partial charge is 0.186 e. The third-order valence-corrected chi connectivity index (χ3v) is 7.52. The van der Waals surface area contributed by atoms with E-state index in [9.17, 15) is 0 Å². The Morgan fingerprint density at radius 3 is 2.23 bits per heavy atom. The standard InChI is InChI=1S/C29H46O6/c1-3-5-16-31-26-25-21-30-19-23-14-10-11-15-24(23)20-33-27(26)28(32-17-6-4-2)29(35-25)34-18-22-12-8-7-9-13-22/h10-11,14-15,22,25-29H,3-9,12-13,16-21H2,1-2H3/t25?,26-,27?,28?,29-/m1/s1. The zero-order valence-corrected chi connectivity index (χ0v) is 21.8. The van der Waals surface area contributed by atoms with Crippen molar-refractivity contribution < 1.29 is 28.4 Å². The summed E-state index contributed by atoms with van der Waals surface area (Å²) in [6, 6.07) is 8.33. The zero-order chi connectivity index (χ0) is 24.3. The van der Waals surface area contributed by atoms with Crippen molar-refractivity contribution in [3.05, 3.63) is 35.4 Å². The molecule has 6 nitrogen and oxygen atoms in total. The highest BCUT2D eigenvalue weighted by atomic mass is 16.7. The predicted molar refractivity (Wildman–Crippen MR) is 135 cm³/mol. The van der Waals surface area contributed by atoms with E-state index < -0.39 is 6.29 Å². The number of rotatable bonds is 11. The average Bonchev–Trinajstić information content (AvgIpc) is 2.89. The van der Waals surface area contributed by atoms with Crippen LogP contribution in [0, 0.1) is 5.92 Å². The molecule has 3 aliphatic rings. The van der Waals surface area contributed by atoms with Gasteiger partial charge in [0.2, 0.25) is 0 Å². The lowest BCUT2D eigenvalue weighted by Crippen LogP contribution is -2.62. The Balaban J connectivity index is 1.55. The molecule has 2 bridgehead atoms. The van der Waals surface area contributed by atoms with Crippen molar-refractivity contribution in [2.45, 2.75) is 116 Å². The molecule has 4 rings (SSSR count). The summed E-state index contributed by atoms with van der Waals surface area (Å²) in [5.41, 5.74) is 2.31. The summed E-state index contributed by atoms with van der Waals surface area (Å²) in [4.78, 5) is 0. The molecule has 198 valence electrons. The number of hydrogen-bond acceptors (Lipinski definition) is 6. The number of fused-ring (bicyclic) bond motifs is 3. The number of benzene rings is 1. The summed E-state index contributed by atoms with van der Waals surface area (Å²) in [5, 5.41) is 0. The fraction of sp³-hybridized carbons (Fsp3) is 0.793. The van der Waals surface area contributed by atoms with E-state index >= 15 is 0 Å². The van der Waals surface area contributed by atoms with Crippen LogP contribution in [0.15, 0.2) is 24.3 Å². The largest absolute Gasteiger partial charge is 0.374 e. The lowest BCUT2D eigenvalue weighted by molar-refractivity contribution is -0.328. The van der Waals surface area contributed by atoms with Gasteiger partial charge in [0.25, 0.3) is 0 Å². The van der Waals surface area contributed by atoms with E-state index in [0.717, 1.165) is 36.8 Å². The van der Waals surface area contributed by atoms with Crippen LogP contribution in [-0.2, 0) is 41.6 Å². The quantitative estimate of drug-likeness (QED) is 0.366. The Morgan fingerprint density at radius 1 is 0.829 bits per heavy atom. The first kappa shape index (κ1) is 27.0. The zero-order valence-electron chi connectivity index (χ0n) is 21.8. The van der Waals surface area contributed by atoms with E-state index in [0.29, 0.717) is 45.6 Å². The van der Waals surface area contributed by atoms with Crippen LogP contribution in [-0.4, -0.2) is 57.1 Å². The molecule has 6 heteroatoms. The van der Waals surface area contributed by atoms with Gasteiger partial charge in [-0.15, -0.1) is 0 Å². The van der Waals surface area contributed by atoms with Crippen LogP contribution in [0.5, 0.6) is 0 Å². The summed E-state index contributed by atoms with van der Waals surface area (Å²) >= 11 is 0. The summed E-state index contributed by atoms with van der Waals surface area (Å²) in [7, 11) is 0. The summed E-state index contributed by atoms with van der Waals surface area (Å²) in [5.74, 6) is 0.599. The van der Waals surface area contributed by atoms with Gasteiger partial charge in [0.05, 0.1) is 26.4 Å². The number of hydrogen-bond donors (Lipinski definition) is 0.